The molecule has 106 valence electrons. The molecule has 1 aliphatic carbocycles. The highest BCUT2D eigenvalue weighted by Crippen LogP contribution is 2.44. The van der Waals surface area contributed by atoms with E-state index >= 15 is 0 Å². The van der Waals surface area contributed by atoms with Crippen molar-refractivity contribution in [1.29, 1.82) is 0 Å². The number of hydrogen-bond donors (Lipinski definition) is 0. The van der Waals surface area contributed by atoms with Gasteiger partial charge in [0.05, 0.1) is 0 Å². The van der Waals surface area contributed by atoms with Crippen LogP contribution < -0.4 is 0 Å². The normalized spacial score (nSPS) is 20.1. The monoisotopic (exact) mass is 314 g/mol. The largest absolute Gasteiger partial charge is 0.112 e. The molecule has 2 aromatic carbocycles. The molecule has 21 heavy (non-hydrogen) atoms. The summed E-state index contributed by atoms with van der Waals surface area (Å²) in [4.78, 5) is 0. The van der Waals surface area contributed by atoms with Crippen LogP contribution in [0, 0.1) is 11.8 Å². The first kappa shape index (κ1) is 14.5. The topological polar surface area (TPSA) is 0 Å². The van der Waals surface area contributed by atoms with Gasteiger partial charge in [-0.15, -0.1) is 5.73 Å². The fourth-order valence-electron chi connectivity index (χ4n) is 2.48. The van der Waals surface area contributed by atoms with Crippen LogP contribution in [0.4, 0.5) is 0 Å². The molecule has 1 aliphatic rings. The van der Waals surface area contributed by atoms with Gasteiger partial charge in [0, 0.05) is 15.6 Å². The van der Waals surface area contributed by atoms with E-state index in [1.165, 1.54) is 5.57 Å². The summed E-state index contributed by atoms with van der Waals surface area (Å²) < 4.78 is 0. The van der Waals surface area contributed by atoms with Crippen LogP contribution in [0.15, 0.2) is 59.8 Å². The molecule has 0 spiro atoms. The Bertz CT molecular complexity index is 660. The van der Waals surface area contributed by atoms with Gasteiger partial charge < -0.3 is 0 Å². The molecule has 0 radical (unpaired) electrons. The summed E-state index contributed by atoms with van der Waals surface area (Å²) in [6.45, 7) is 4.49. The van der Waals surface area contributed by atoms with Crippen LogP contribution in [-0.2, 0) is 0 Å². The second-order valence-corrected chi connectivity index (χ2v) is 6.42. The molecule has 0 bridgehead atoms. The zero-order valence-electron chi connectivity index (χ0n) is 12.0. The fraction of sp³-hybridized carbons (Fsp3) is 0.211. The quantitative estimate of drug-likeness (QED) is 0.576. The standard InChI is InChI=1S/C19H16Cl2/c1-12-13(2)18(12)11-19(14-3-7-16(20)8-4-14)15-5-9-17(21)10-6-15/h3-10,12-13H,1-2H3/t12-,13-/m1/s1. The number of hydrogen-bond acceptors (Lipinski definition) is 0. The Morgan fingerprint density at radius 2 is 1.14 bits per heavy atom. The summed E-state index contributed by atoms with van der Waals surface area (Å²) in [5.41, 5.74) is 8.35. The van der Waals surface area contributed by atoms with Crippen LogP contribution in [0.1, 0.15) is 25.0 Å². The maximum Gasteiger partial charge on any atom is 0.0406 e. The molecule has 0 aliphatic heterocycles. The molecule has 0 unspecified atom stereocenters. The average Bonchev–Trinajstić information content (AvgIpc) is 3.05. The van der Waals surface area contributed by atoms with Crippen molar-refractivity contribution in [1.82, 2.24) is 0 Å². The van der Waals surface area contributed by atoms with Crippen molar-refractivity contribution in [2.45, 2.75) is 13.8 Å². The highest BCUT2D eigenvalue weighted by molar-refractivity contribution is 6.31. The number of allylic oxidation sites excluding steroid dienone is 1. The molecule has 2 atom stereocenters. The third-order valence-corrected chi connectivity index (χ3v) is 4.66. The van der Waals surface area contributed by atoms with Gasteiger partial charge >= 0.3 is 0 Å². The van der Waals surface area contributed by atoms with Crippen LogP contribution in [0.3, 0.4) is 0 Å². The van der Waals surface area contributed by atoms with Crippen molar-refractivity contribution >= 4 is 28.8 Å². The van der Waals surface area contributed by atoms with Crippen LogP contribution in [0.5, 0.6) is 0 Å². The van der Waals surface area contributed by atoms with E-state index in [0.29, 0.717) is 11.8 Å². The summed E-state index contributed by atoms with van der Waals surface area (Å²) in [7, 11) is 0. The molecule has 0 heterocycles. The maximum atomic E-state index is 6.00. The number of halogens is 2. The van der Waals surface area contributed by atoms with Gasteiger partial charge in [0.25, 0.3) is 0 Å². The summed E-state index contributed by atoms with van der Waals surface area (Å²) >= 11 is 12.0. The zero-order valence-corrected chi connectivity index (χ0v) is 13.5. The van der Waals surface area contributed by atoms with E-state index < -0.39 is 0 Å². The second kappa shape index (κ2) is 5.73. The first-order valence-electron chi connectivity index (χ1n) is 7.09. The minimum Gasteiger partial charge on any atom is -0.112 e. The van der Waals surface area contributed by atoms with Crippen molar-refractivity contribution in [3.8, 4) is 0 Å². The molecular weight excluding hydrogens is 299 g/mol. The third-order valence-electron chi connectivity index (χ3n) is 4.16. The summed E-state index contributed by atoms with van der Waals surface area (Å²) in [5.74, 6) is 1.25. The SMILES string of the molecule is C[C@H]1C(=C=C(c2ccc(Cl)cc2)c2ccc(Cl)cc2)[C@@H]1C. The fourth-order valence-corrected chi connectivity index (χ4v) is 2.74. The molecule has 0 N–H and O–H groups in total. The van der Waals surface area contributed by atoms with Crippen LogP contribution in [0.25, 0.3) is 5.57 Å². The van der Waals surface area contributed by atoms with Gasteiger partial charge in [-0.2, -0.15) is 0 Å². The van der Waals surface area contributed by atoms with Gasteiger partial charge in [0.1, 0.15) is 0 Å². The Morgan fingerprint density at radius 3 is 1.48 bits per heavy atom. The van der Waals surface area contributed by atoms with E-state index in [0.717, 1.165) is 26.7 Å². The Hall–Kier alpha value is -1.46. The summed E-state index contributed by atoms with van der Waals surface area (Å²) in [5, 5.41) is 1.49. The van der Waals surface area contributed by atoms with Crippen LogP contribution >= 0.6 is 23.2 Å². The van der Waals surface area contributed by atoms with E-state index in [2.05, 4.69) is 19.6 Å². The van der Waals surface area contributed by atoms with Crippen molar-refractivity contribution in [2.75, 3.05) is 0 Å². The van der Waals surface area contributed by atoms with E-state index in [9.17, 15) is 0 Å². The molecule has 2 heteroatoms. The number of benzene rings is 2. The minimum absolute atomic E-state index is 0.625. The Labute approximate surface area is 135 Å². The van der Waals surface area contributed by atoms with E-state index in [4.69, 9.17) is 23.2 Å². The second-order valence-electron chi connectivity index (χ2n) is 5.55. The smallest absolute Gasteiger partial charge is 0.0406 e. The van der Waals surface area contributed by atoms with Gasteiger partial charge in [0.2, 0.25) is 0 Å². The molecular formula is C19H16Cl2. The van der Waals surface area contributed by atoms with Gasteiger partial charge in [-0.1, -0.05) is 61.3 Å². The Kier molecular flexibility index (Phi) is 3.95. The van der Waals surface area contributed by atoms with Gasteiger partial charge in [-0.05, 0) is 52.8 Å². The molecule has 0 aromatic heterocycles. The highest BCUT2D eigenvalue weighted by atomic mass is 35.5. The van der Waals surface area contributed by atoms with E-state index in [-0.39, 0.29) is 0 Å². The van der Waals surface area contributed by atoms with Crippen LogP contribution in [0.2, 0.25) is 10.0 Å². The van der Waals surface area contributed by atoms with Gasteiger partial charge in [-0.3, -0.25) is 0 Å². The van der Waals surface area contributed by atoms with Crippen molar-refractivity contribution in [3.05, 3.63) is 81.0 Å². The lowest BCUT2D eigenvalue weighted by atomic mass is 9.98. The molecule has 2 aromatic rings. The lowest BCUT2D eigenvalue weighted by Gasteiger charge is -2.06. The minimum atomic E-state index is 0.625. The van der Waals surface area contributed by atoms with Crippen LogP contribution in [-0.4, -0.2) is 0 Å². The summed E-state index contributed by atoms with van der Waals surface area (Å²) in [6.07, 6.45) is 0. The summed E-state index contributed by atoms with van der Waals surface area (Å²) in [6, 6.07) is 15.8. The molecule has 1 saturated carbocycles. The molecule has 3 rings (SSSR count). The first-order chi connectivity index (χ1) is 10.1. The number of rotatable bonds is 2. The first-order valence-corrected chi connectivity index (χ1v) is 7.84. The predicted octanol–water partition coefficient (Wildman–Crippen LogP) is 6.24. The molecule has 1 fully saturated rings. The molecule has 0 amide bonds. The van der Waals surface area contributed by atoms with Crippen molar-refractivity contribution < 1.29 is 0 Å². The molecule has 0 saturated heterocycles. The predicted molar refractivity (Wildman–Crippen MR) is 90.8 cm³/mol. The maximum absolute atomic E-state index is 6.00. The Morgan fingerprint density at radius 1 is 0.762 bits per heavy atom. The third kappa shape index (κ3) is 3.09. The van der Waals surface area contributed by atoms with E-state index in [1.54, 1.807) is 0 Å². The molecule has 0 nitrogen and oxygen atoms in total. The van der Waals surface area contributed by atoms with Gasteiger partial charge in [-0.25, -0.2) is 0 Å². The zero-order chi connectivity index (χ0) is 15.0. The van der Waals surface area contributed by atoms with E-state index in [1.807, 2.05) is 48.5 Å². The average molecular weight is 315 g/mol. The van der Waals surface area contributed by atoms with Crippen molar-refractivity contribution in [2.24, 2.45) is 11.8 Å². The lowest BCUT2D eigenvalue weighted by Crippen LogP contribution is -1.86. The van der Waals surface area contributed by atoms with Crippen molar-refractivity contribution in [3.63, 3.8) is 0 Å². The lowest BCUT2D eigenvalue weighted by molar-refractivity contribution is 0.834. The van der Waals surface area contributed by atoms with Gasteiger partial charge in [0.15, 0.2) is 0 Å². The Balaban J connectivity index is 2.14. The highest BCUT2D eigenvalue weighted by Gasteiger charge is 2.35.